The van der Waals surface area contributed by atoms with Crippen LogP contribution in [0.4, 0.5) is 5.82 Å². The molecule has 32 heavy (non-hydrogen) atoms. The number of carbonyl (C=O) groups excluding carboxylic acids is 2. The van der Waals surface area contributed by atoms with Crippen molar-refractivity contribution in [2.24, 2.45) is 0 Å². The molecule has 0 unspecified atom stereocenters. The number of ether oxygens (including phenoxy) is 1. The average Bonchev–Trinajstić information content (AvgIpc) is 2.77. The number of hydrogen-bond donors (Lipinski definition) is 1. The highest BCUT2D eigenvalue weighted by atomic mass is 35.5. The zero-order valence-corrected chi connectivity index (χ0v) is 19.8. The van der Waals surface area contributed by atoms with Crippen molar-refractivity contribution < 1.29 is 14.3 Å². The number of carbonyl (C=O) groups is 2. The Morgan fingerprint density at radius 2 is 1.75 bits per heavy atom. The summed E-state index contributed by atoms with van der Waals surface area (Å²) < 4.78 is 5.46. The van der Waals surface area contributed by atoms with Gasteiger partial charge in [-0.05, 0) is 50.6 Å². The first-order valence-corrected chi connectivity index (χ1v) is 11.5. The summed E-state index contributed by atoms with van der Waals surface area (Å²) in [5.74, 6) is 0.543. The molecule has 1 saturated heterocycles. The van der Waals surface area contributed by atoms with Crippen molar-refractivity contribution in [3.8, 4) is 0 Å². The average molecular weight is 479 g/mol. The second-order valence-corrected chi connectivity index (χ2v) is 8.74. The second-order valence-electron chi connectivity index (χ2n) is 7.87. The molecule has 0 atom stereocenters. The van der Waals surface area contributed by atoms with Crippen LogP contribution >= 0.6 is 23.2 Å². The minimum Gasteiger partial charge on any atom is -0.379 e. The summed E-state index contributed by atoms with van der Waals surface area (Å²) in [4.78, 5) is 33.3. The predicted molar refractivity (Wildman–Crippen MR) is 127 cm³/mol. The highest BCUT2D eigenvalue weighted by molar-refractivity contribution is 6.35. The fraction of sp³-hybridized carbons (Fsp3) is 0.435. The van der Waals surface area contributed by atoms with Gasteiger partial charge in [0, 0.05) is 61.1 Å². The van der Waals surface area contributed by atoms with Crippen molar-refractivity contribution in [3.63, 3.8) is 0 Å². The molecule has 1 aliphatic heterocycles. The van der Waals surface area contributed by atoms with Crippen molar-refractivity contribution in [2.75, 3.05) is 44.2 Å². The number of nitrogens with one attached hydrogen (secondary N) is 1. The highest BCUT2D eigenvalue weighted by Crippen LogP contribution is 2.21. The number of rotatable bonds is 8. The van der Waals surface area contributed by atoms with E-state index < -0.39 is 0 Å². The topological polar surface area (TPSA) is 74.8 Å². The van der Waals surface area contributed by atoms with Crippen molar-refractivity contribution in [2.45, 2.75) is 26.4 Å². The summed E-state index contributed by atoms with van der Waals surface area (Å²) in [5, 5.41) is 3.76. The zero-order valence-electron chi connectivity index (χ0n) is 18.3. The number of anilines is 1. The first-order chi connectivity index (χ1) is 15.3. The molecule has 0 spiro atoms. The zero-order chi connectivity index (χ0) is 23.1. The van der Waals surface area contributed by atoms with Gasteiger partial charge in [-0.2, -0.15) is 0 Å². The maximum Gasteiger partial charge on any atom is 0.254 e. The molecule has 1 aromatic carbocycles. The van der Waals surface area contributed by atoms with E-state index in [1.807, 2.05) is 19.9 Å². The molecule has 7 nitrogen and oxygen atoms in total. The second kappa shape index (κ2) is 11.5. The molecular formula is C23H28Cl2N4O3. The van der Waals surface area contributed by atoms with Gasteiger partial charge in [-0.15, -0.1) is 0 Å². The molecular weight excluding hydrogens is 451 g/mol. The minimum absolute atomic E-state index is 0.0900. The third-order valence-corrected chi connectivity index (χ3v) is 5.50. The molecule has 0 radical (unpaired) electrons. The molecule has 0 bridgehead atoms. The molecule has 0 saturated carbocycles. The Morgan fingerprint density at radius 3 is 2.34 bits per heavy atom. The lowest BCUT2D eigenvalue weighted by atomic mass is 10.1. The van der Waals surface area contributed by atoms with Crippen LogP contribution in [0.25, 0.3) is 0 Å². The molecule has 1 fully saturated rings. The van der Waals surface area contributed by atoms with Crippen molar-refractivity contribution in [1.82, 2.24) is 15.2 Å². The highest BCUT2D eigenvalue weighted by Gasteiger charge is 2.23. The van der Waals surface area contributed by atoms with Crippen LogP contribution in [0.1, 0.15) is 41.0 Å². The van der Waals surface area contributed by atoms with Gasteiger partial charge in [0.1, 0.15) is 5.82 Å². The molecule has 1 aromatic heterocycles. The molecule has 0 aliphatic carbocycles. The smallest absolute Gasteiger partial charge is 0.254 e. The molecule has 2 heterocycles. The maximum atomic E-state index is 12.7. The number of hydrogen-bond acceptors (Lipinski definition) is 5. The SMILES string of the molecule is CC(C)OCCCNC(=O)c1ccc(N2CCN(C(=O)c3cc(Cl)cc(Cl)c3)CC2)nc1. The summed E-state index contributed by atoms with van der Waals surface area (Å²) in [6.07, 6.45) is 2.54. The lowest BCUT2D eigenvalue weighted by Crippen LogP contribution is -2.49. The normalized spacial score (nSPS) is 14.0. The van der Waals surface area contributed by atoms with Gasteiger partial charge in [-0.3, -0.25) is 9.59 Å². The van der Waals surface area contributed by atoms with E-state index in [2.05, 4.69) is 15.2 Å². The fourth-order valence-corrected chi connectivity index (χ4v) is 3.93. The lowest BCUT2D eigenvalue weighted by molar-refractivity contribution is 0.0743. The molecule has 2 amide bonds. The Bertz CT molecular complexity index is 909. The quantitative estimate of drug-likeness (QED) is 0.582. The van der Waals surface area contributed by atoms with E-state index in [9.17, 15) is 9.59 Å². The maximum absolute atomic E-state index is 12.7. The van der Waals surface area contributed by atoms with Crippen molar-refractivity contribution >= 4 is 40.8 Å². The third-order valence-electron chi connectivity index (χ3n) is 5.07. The van der Waals surface area contributed by atoms with Gasteiger partial charge >= 0.3 is 0 Å². The predicted octanol–water partition coefficient (Wildman–Crippen LogP) is 3.90. The van der Waals surface area contributed by atoms with E-state index in [-0.39, 0.29) is 17.9 Å². The monoisotopic (exact) mass is 478 g/mol. The Balaban J connectivity index is 1.48. The van der Waals surface area contributed by atoms with Crippen LogP contribution in [0.15, 0.2) is 36.5 Å². The molecule has 1 aliphatic rings. The Labute approximate surface area is 198 Å². The molecule has 1 N–H and O–H groups in total. The number of halogens is 2. The Morgan fingerprint density at radius 1 is 1.06 bits per heavy atom. The standard InChI is InChI=1S/C23H28Cl2N4O3/c1-16(2)32-11-3-6-26-22(30)17-4-5-21(27-15-17)28-7-9-29(10-8-28)23(31)18-12-19(24)14-20(25)13-18/h4-5,12-16H,3,6-11H2,1-2H3,(H,26,30). The first kappa shape index (κ1) is 24.3. The number of benzene rings is 1. The minimum atomic E-state index is -0.149. The van der Waals surface area contributed by atoms with Crippen LogP contribution in [0.3, 0.4) is 0 Å². The largest absolute Gasteiger partial charge is 0.379 e. The summed E-state index contributed by atoms with van der Waals surface area (Å²) in [6.45, 7) is 7.56. The van der Waals surface area contributed by atoms with Gasteiger partial charge < -0.3 is 19.9 Å². The van der Waals surface area contributed by atoms with Crippen LogP contribution in [-0.4, -0.2) is 67.1 Å². The van der Waals surface area contributed by atoms with E-state index in [1.54, 1.807) is 35.4 Å². The fourth-order valence-electron chi connectivity index (χ4n) is 3.40. The Kier molecular flexibility index (Phi) is 8.73. The number of nitrogens with zero attached hydrogens (tertiary/aromatic N) is 3. The summed E-state index contributed by atoms with van der Waals surface area (Å²) >= 11 is 12.0. The van der Waals surface area contributed by atoms with E-state index >= 15 is 0 Å². The van der Waals surface area contributed by atoms with Crippen LogP contribution in [0.2, 0.25) is 10.0 Å². The van der Waals surface area contributed by atoms with Gasteiger partial charge in [0.15, 0.2) is 0 Å². The van der Waals surface area contributed by atoms with Gasteiger partial charge in [-0.25, -0.2) is 4.98 Å². The van der Waals surface area contributed by atoms with Crippen molar-refractivity contribution in [3.05, 3.63) is 57.7 Å². The first-order valence-electron chi connectivity index (χ1n) is 10.7. The third kappa shape index (κ3) is 6.82. The van der Waals surface area contributed by atoms with E-state index in [4.69, 9.17) is 27.9 Å². The number of aromatic nitrogens is 1. The van der Waals surface area contributed by atoms with E-state index in [0.717, 1.165) is 12.2 Å². The molecule has 2 aromatic rings. The number of pyridine rings is 1. The number of amides is 2. The molecule has 9 heteroatoms. The van der Waals surface area contributed by atoms with E-state index in [0.29, 0.717) is 60.5 Å². The summed E-state index contributed by atoms with van der Waals surface area (Å²) in [5.41, 5.74) is 1.00. The van der Waals surface area contributed by atoms with Gasteiger partial charge in [0.05, 0.1) is 11.7 Å². The van der Waals surface area contributed by atoms with E-state index in [1.165, 1.54) is 0 Å². The molecule has 172 valence electrons. The van der Waals surface area contributed by atoms with Crippen molar-refractivity contribution in [1.29, 1.82) is 0 Å². The van der Waals surface area contributed by atoms with Crippen LogP contribution in [0, 0.1) is 0 Å². The van der Waals surface area contributed by atoms with Gasteiger partial charge in [-0.1, -0.05) is 23.2 Å². The van der Waals surface area contributed by atoms with Crippen LogP contribution < -0.4 is 10.2 Å². The lowest BCUT2D eigenvalue weighted by Gasteiger charge is -2.35. The van der Waals surface area contributed by atoms with Gasteiger partial charge in [0.25, 0.3) is 11.8 Å². The van der Waals surface area contributed by atoms with Gasteiger partial charge in [0.2, 0.25) is 0 Å². The summed E-state index contributed by atoms with van der Waals surface area (Å²) in [7, 11) is 0. The summed E-state index contributed by atoms with van der Waals surface area (Å²) in [6, 6.07) is 8.48. The van der Waals surface area contributed by atoms with Crippen LogP contribution in [-0.2, 0) is 4.74 Å². The Hall–Kier alpha value is -2.35. The van der Waals surface area contributed by atoms with Crippen LogP contribution in [0.5, 0.6) is 0 Å². The number of piperazine rings is 1. The molecule has 3 rings (SSSR count).